The zero-order valence-electron chi connectivity index (χ0n) is 10.1. The minimum atomic E-state index is -0.117. The Hall–Kier alpha value is -0.880. The number of nitrogens with zero attached hydrogens (tertiary/aromatic N) is 1. The summed E-state index contributed by atoms with van der Waals surface area (Å²) in [5, 5.41) is 9.13. The van der Waals surface area contributed by atoms with Gasteiger partial charge in [0.1, 0.15) is 11.5 Å². The molecule has 0 aromatic carbocycles. The van der Waals surface area contributed by atoms with Crippen molar-refractivity contribution in [2.24, 2.45) is 5.73 Å². The first-order valence-electron chi connectivity index (χ1n) is 5.97. The Morgan fingerprint density at radius 2 is 2.41 bits per heavy atom. The number of hydrogen-bond donors (Lipinski definition) is 2. The second kappa shape index (κ2) is 5.64. The van der Waals surface area contributed by atoms with Gasteiger partial charge in [0.15, 0.2) is 0 Å². The molecule has 5 heteroatoms. The first-order chi connectivity index (χ1) is 8.24. The topological polar surface area (TPSA) is 71.9 Å². The van der Waals surface area contributed by atoms with E-state index in [9.17, 15) is 0 Å². The van der Waals surface area contributed by atoms with Crippen LogP contribution >= 0.6 is 0 Å². The van der Waals surface area contributed by atoms with Crippen molar-refractivity contribution in [3.8, 4) is 0 Å². The lowest BCUT2D eigenvalue weighted by atomic mass is 10.1. The smallest absolute Gasteiger partial charge is 0.122 e. The molecule has 0 aliphatic carbocycles. The molecule has 0 saturated carbocycles. The van der Waals surface area contributed by atoms with E-state index in [1.54, 1.807) is 0 Å². The van der Waals surface area contributed by atoms with Gasteiger partial charge in [0.2, 0.25) is 0 Å². The van der Waals surface area contributed by atoms with Gasteiger partial charge in [-0.2, -0.15) is 0 Å². The molecule has 2 rings (SSSR count). The molecule has 1 saturated heterocycles. The molecule has 1 aliphatic heterocycles. The van der Waals surface area contributed by atoms with Gasteiger partial charge in [0.25, 0.3) is 0 Å². The second-order valence-corrected chi connectivity index (χ2v) is 4.37. The van der Waals surface area contributed by atoms with Gasteiger partial charge < -0.3 is 20.0 Å². The molecular formula is C12H20N2O3. The van der Waals surface area contributed by atoms with Gasteiger partial charge in [0.05, 0.1) is 25.4 Å². The molecular weight excluding hydrogens is 220 g/mol. The minimum Gasteiger partial charge on any atom is -0.465 e. The monoisotopic (exact) mass is 240 g/mol. The van der Waals surface area contributed by atoms with Gasteiger partial charge in [-0.15, -0.1) is 0 Å². The van der Waals surface area contributed by atoms with Crippen molar-refractivity contribution in [3.63, 3.8) is 0 Å². The zero-order valence-corrected chi connectivity index (χ0v) is 10.1. The Morgan fingerprint density at radius 3 is 3.00 bits per heavy atom. The number of aliphatic hydroxyl groups excluding tert-OH is 1. The number of furan rings is 1. The molecule has 3 N–H and O–H groups in total. The van der Waals surface area contributed by atoms with Crippen LogP contribution in [0.1, 0.15) is 17.6 Å². The predicted octanol–water partition coefficient (Wildman–Crippen LogP) is 0.281. The molecule has 17 heavy (non-hydrogen) atoms. The fourth-order valence-electron chi connectivity index (χ4n) is 2.21. The number of morpholine rings is 1. The molecule has 1 aromatic heterocycles. The Balaban J connectivity index is 2.07. The van der Waals surface area contributed by atoms with E-state index in [0.717, 1.165) is 18.1 Å². The standard InChI is InChI=1S/C12H20N2O3/c1-9-2-3-12(17-9)11(6-13)14-4-5-16-10(7-14)8-15/h2-3,10-11,15H,4-8,13H2,1H3. The van der Waals surface area contributed by atoms with Crippen molar-refractivity contribution in [2.75, 3.05) is 32.8 Å². The van der Waals surface area contributed by atoms with E-state index >= 15 is 0 Å². The second-order valence-electron chi connectivity index (χ2n) is 4.37. The van der Waals surface area contributed by atoms with Crippen LogP contribution in [0, 0.1) is 6.92 Å². The molecule has 2 heterocycles. The third-order valence-corrected chi connectivity index (χ3v) is 3.13. The van der Waals surface area contributed by atoms with Crippen LogP contribution in [0.2, 0.25) is 0 Å². The molecule has 5 nitrogen and oxygen atoms in total. The fraction of sp³-hybridized carbons (Fsp3) is 0.667. The van der Waals surface area contributed by atoms with Crippen molar-refractivity contribution in [1.29, 1.82) is 0 Å². The average Bonchev–Trinajstić information content (AvgIpc) is 2.77. The molecule has 1 fully saturated rings. The minimum absolute atomic E-state index is 0.0466. The normalized spacial score (nSPS) is 23.8. The largest absolute Gasteiger partial charge is 0.465 e. The van der Waals surface area contributed by atoms with Gasteiger partial charge in [-0.3, -0.25) is 4.90 Å². The van der Waals surface area contributed by atoms with Gasteiger partial charge >= 0.3 is 0 Å². The van der Waals surface area contributed by atoms with E-state index < -0.39 is 0 Å². The first kappa shape index (κ1) is 12.6. The first-order valence-corrected chi connectivity index (χ1v) is 5.97. The van der Waals surface area contributed by atoms with Crippen LogP contribution in [0.25, 0.3) is 0 Å². The molecule has 0 amide bonds. The van der Waals surface area contributed by atoms with E-state index in [0.29, 0.717) is 19.7 Å². The Labute approximate surface area is 101 Å². The summed E-state index contributed by atoms with van der Waals surface area (Å²) in [6.07, 6.45) is -0.117. The fourth-order valence-corrected chi connectivity index (χ4v) is 2.21. The molecule has 0 radical (unpaired) electrons. The van der Waals surface area contributed by atoms with Gasteiger partial charge in [-0.25, -0.2) is 0 Å². The van der Waals surface area contributed by atoms with E-state index in [1.165, 1.54) is 0 Å². The number of nitrogens with two attached hydrogens (primary N) is 1. The quantitative estimate of drug-likeness (QED) is 0.791. The predicted molar refractivity (Wildman–Crippen MR) is 63.6 cm³/mol. The number of aliphatic hydroxyl groups is 1. The molecule has 96 valence electrons. The molecule has 2 unspecified atom stereocenters. The summed E-state index contributed by atoms with van der Waals surface area (Å²) in [6.45, 7) is 4.61. The number of ether oxygens (including phenoxy) is 1. The zero-order chi connectivity index (χ0) is 12.3. The maximum atomic E-state index is 9.13. The lowest BCUT2D eigenvalue weighted by Crippen LogP contribution is -2.47. The van der Waals surface area contributed by atoms with Crippen LogP contribution in [0.15, 0.2) is 16.5 Å². The molecule has 0 bridgehead atoms. The van der Waals surface area contributed by atoms with Gasteiger partial charge in [-0.05, 0) is 19.1 Å². The van der Waals surface area contributed by atoms with E-state index in [-0.39, 0.29) is 18.8 Å². The van der Waals surface area contributed by atoms with Crippen LogP contribution in [0.4, 0.5) is 0 Å². The van der Waals surface area contributed by atoms with Crippen LogP contribution in [0.3, 0.4) is 0 Å². The van der Waals surface area contributed by atoms with Crippen molar-refractivity contribution in [2.45, 2.75) is 19.1 Å². The van der Waals surface area contributed by atoms with Crippen LogP contribution < -0.4 is 5.73 Å². The summed E-state index contributed by atoms with van der Waals surface area (Å²) < 4.78 is 11.1. The van der Waals surface area contributed by atoms with Crippen LogP contribution in [0.5, 0.6) is 0 Å². The lowest BCUT2D eigenvalue weighted by Gasteiger charge is -2.36. The van der Waals surface area contributed by atoms with Crippen molar-refractivity contribution >= 4 is 0 Å². The summed E-state index contributed by atoms with van der Waals surface area (Å²) in [4.78, 5) is 2.21. The third-order valence-electron chi connectivity index (χ3n) is 3.13. The Bertz CT molecular complexity index is 353. The van der Waals surface area contributed by atoms with Crippen molar-refractivity contribution in [3.05, 3.63) is 23.7 Å². The Morgan fingerprint density at radius 1 is 1.59 bits per heavy atom. The maximum Gasteiger partial charge on any atom is 0.122 e. The van der Waals surface area contributed by atoms with Crippen LogP contribution in [-0.2, 0) is 4.74 Å². The third kappa shape index (κ3) is 2.87. The van der Waals surface area contributed by atoms with Crippen LogP contribution in [-0.4, -0.2) is 49.0 Å². The summed E-state index contributed by atoms with van der Waals surface area (Å²) in [5.74, 6) is 1.79. The average molecular weight is 240 g/mol. The molecule has 1 aromatic rings. The van der Waals surface area contributed by atoms with E-state index in [4.69, 9.17) is 20.0 Å². The Kier molecular flexibility index (Phi) is 4.17. The summed E-state index contributed by atoms with van der Waals surface area (Å²) in [5.41, 5.74) is 5.83. The molecule has 1 aliphatic rings. The molecule has 0 spiro atoms. The summed E-state index contributed by atoms with van der Waals surface area (Å²) in [7, 11) is 0. The lowest BCUT2D eigenvalue weighted by molar-refractivity contribution is -0.0664. The maximum absolute atomic E-state index is 9.13. The number of aryl methyl sites for hydroxylation is 1. The highest BCUT2D eigenvalue weighted by Gasteiger charge is 2.27. The molecule has 2 atom stereocenters. The highest BCUT2D eigenvalue weighted by atomic mass is 16.5. The van der Waals surface area contributed by atoms with Crippen molar-refractivity contribution < 1.29 is 14.3 Å². The van der Waals surface area contributed by atoms with E-state index in [2.05, 4.69) is 4.90 Å². The summed E-state index contributed by atoms with van der Waals surface area (Å²) >= 11 is 0. The van der Waals surface area contributed by atoms with Gasteiger partial charge in [0, 0.05) is 19.6 Å². The number of rotatable bonds is 4. The van der Waals surface area contributed by atoms with Gasteiger partial charge in [-0.1, -0.05) is 0 Å². The highest BCUT2D eigenvalue weighted by molar-refractivity contribution is 5.10. The van der Waals surface area contributed by atoms with E-state index in [1.807, 2.05) is 19.1 Å². The number of hydrogen-bond acceptors (Lipinski definition) is 5. The van der Waals surface area contributed by atoms with Crippen molar-refractivity contribution in [1.82, 2.24) is 4.90 Å². The SMILES string of the molecule is Cc1ccc(C(CN)N2CCOC(CO)C2)o1. The highest BCUT2D eigenvalue weighted by Crippen LogP contribution is 2.23. The summed E-state index contributed by atoms with van der Waals surface area (Å²) in [6, 6.07) is 3.99.